The first kappa shape index (κ1) is 16.4. The van der Waals surface area contributed by atoms with Crippen molar-refractivity contribution in [3.8, 4) is 0 Å². The molecular formula is C15H24N2O3S. The Labute approximate surface area is 130 Å². The second kappa shape index (κ2) is 7.87. The average molecular weight is 312 g/mol. The van der Waals surface area contributed by atoms with Crippen molar-refractivity contribution in [2.45, 2.75) is 45.3 Å². The minimum Gasteiger partial charge on any atom is -0.382 e. The first-order valence-electron chi connectivity index (χ1n) is 7.46. The van der Waals surface area contributed by atoms with E-state index in [0.29, 0.717) is 13.2 Å². The lowest BCUT2D eigenvalue weighted by molar-refractivity contribution is -0.147. The molecule has 5 nitrogen and oxygen atoms in total. The van der Waals surface area contributed by atoms with Crippen LogP contribution < -0.4 is 0 Å². The number of methoxy groups -OCH3 is 1. The van der Waals surface area contributed by atoms with Crippen LogP contribution in [0.2, 0.25) is 0 Å². The number of aromatic nitrogens is 1. The van der Waals surface area contributed by atoms with E-state index in [2.05, 4.69) is 4.98 Å². The highest BCUT2D eigenvalue weighted by atomic mass is 32.1. The number of carbonyl (C=O) groups excluding carboxylic acids is 1. The van der Waals surface area contributed by atoms with Crippen molar-refractivity contribution in [3.63, 3.8) is 0 Å². The molecular weight excluding hydrogens is 288 g/mol. The zero-order valence-electron chi connectivity index (χ0n) is 13.0. The number of carbonyl (C=O) groups is 1. The molecule has 2 rings (SSSR count). The summed E-state index contributed by atoms with van der Waals surface area (Å²) in [5, 5.41) is 3.09. The van der Waals surface area contributed by atoms with Crippen LogP contribution in [0.4, 0.5) is 0 Å². The Morgan fingerprint density at radius 3 is 3.00 bits per heavy atom. The highest BCUT2D eigenvalue weighted by molar-refractivity contribution is 7.09. The molecule has 1 aliphatic heterocycles. The molecule has 1 amide bonds. The molecule has 2 heterocycles. The maximum absolute atomic E-state index is 12.6. The summed E-state index contributed by atoms with van der Waals surface area (Å²) in [4.78, 5) is 19.1. The molecule has 0 bridgehead atoms. The Hall–Kier alpha value is -0.980. The molecule has 0 spiro atoms. The summed E-state index contributed by atoms with van der Waals surface area (Å²) in [6, 6.07) is 0.110. The van der Waals surface area contributed by atoms with Crippen molar-refractivity contribution in [3.05, 3.63) is 16.1 Å². The van der Waals surface area contributed by atoms with Gasteiger partial charge in [0.15, 0.2) is 0 Å². The number of nitrogens with zero attached hydrogens (tertiary/aromatic N) is 2. The molecule has 2 atom stereocenters. The zero-order chi connectivity index (χ0) is 15.2. The van der Waals surface area contributed by atoms with E-state index in [9.17, 15) is 4.79 Å². The van der Waals surface area contributed by atoms with Crippen LogP contribution in [-0.4, -0.2) is 48.8 Å². The van der Waals surface area contributed by atoms with Crippen molar-refractivity contribution in [1.82, 2.24) is 9.88 Å². The molecule has 1 aromatic rings. The van der Waals surface area contributed by atoms with E-state index in [1.165, 1.54) is 0 Å². The van der Waals surface area contributed by atoms with Gasteiger partial charge in [-0.1, -0.05) is 0 Å². The van der Waals surface area contributed by atoms with Crippen LogP contribution in [0.3, 0.4) is 0 Å². The lowest BCUT2D eigenvalue weighted by Crippen LogP contribution is -2.44. The van der Waals surface area contributed by atoms with E-state index in [0.717, 1.165) is 36.5 Å². The number of hydrogen-bond donors (Lipinski definition) is 0. The maximum atomic E-state index is 12.6. The zero-order valence-corrected chi connectivity index (χ0v) is 13.8. The summed E-state index contributed by atoms with van der Waals surface area (Å²) < 4.78 is 10.5. The topological polar surface area (TPSA) is 51.7 Å². The van der Waals surface area contributed by atoms with Gasteiger partial charge in [0.25, 0.3) is 5.91 Å². The summed E-state index contributed by atoms with van der Waals surface area (Å²) in [6.45, 7) is 5.55. The molecule has 0 N–H and O–H groups in total. The van der Waals surface area contributed by atoms with Crippen molar-refractivity contribution < 1.29 is 14.3 Å². The van der Waals surface area contributed by atoms with E-state index < -0.39 is 6.10 Å². The molecule has 0 aromatic carbocycles. The van der Waals surface area contributed by atoms with Crippen LogP contribution in [0.25, 0.3) is 0 Å². The first-order chi connectivity index (χ1) is 10.1. The fourth-order valence-corrected chi connectivity index (χ4v) is 3.53. The third-order valence-corrected chi connectivity index (χ3v) is 4.77. The molecule has 0 unspecified atom stereocenters. The highest BCUT2D eigenvalue weighted by Gasteiger charge is 2.32. The SMILES string of the molecule is COCCO[C@H](C)C(=O)N1CCCC[C@@H]1c1nc(C)cs1. The predicted octanol–water partition coefficient (Wildman–Crippen LogP) is 2.56. The van der Waals surface area contributed by atoms with Crippen LogP contribution in [0.15, 0.2) is 5.38 Å². The Kier molecular flexibility index (Phi) is 6.14. The van der Waals surface area contributed by atoms with Gasteiger partial charge < -0.3 is 14.4 Å². The number of amides is 1. The summed E-state index contributed by atoms with van der Waals surface area (Å²) >= 11 is 1.64. The second-order valence-electron chi connectivity index (χ2n) is 5.38. The van der Waals surface area contributed by atoms with Crippen LogP contribution >= 0.6 is 11.3 Å². The summed E-state index contributed by atoms with van der Waals surface area (Å²) in [6.07, 6.45) is 2.76. The lowest BCUT2D eigenvalue weighted by Gasteiger charge is -2.36. The Balaban J connectivity index is 2.02. The standard InChI is InChI=1S/C15H24N2O3S/c1-11-10-21-14(16-11)13-6-4-5-7-17(13)15(18)12(2)20-9-8-19-3/h10,12-13H,4-9H2,1-3H3/t12-,13-/m1/s1. The van der Waals surface area contributed by atoms with E-state index in [1.807, 2.05) is 24.1 Å². The monoisotopic (exact) mass is 312 g/mol. The largest absolute Gasteiger partial charge is 0.382 e. The number of rotatable bonds is 6. The second-order valence-corrected chi connectivity index (χ2v) is 6.27. The predicted molar refractivity (Wildman–Crippen MR) is 82.4 cm³/mol. The highest BCUT2D eigenvalue weighted by Crippen LogP contribution is 2.33. The van der Waals surface area contributed by atoms with E-state index in [-0.39, 0.29) is 11.9 Å². The normalized spacial score (nSPS) is 20.5. The smallest absolute Gasteiger partial charge is 0.252 e. The fourth-order valence-electron chi connectivity index (χ4n) is 2.59. The van der Waals surface area contributed by atoms with Gasteiger partial charge in [0.1, 0.15) is 11.1 Å². The van der Waals surface area contributed by atoms with Gasteiger partial charge in [0.05, 0.1) is 19.3 Å². The molecule has 1 fully saturated rings. The number of aryl methyl sites for hydroxylation is 1. The third-order valence-electron chi connectivity index (χ3n) is 3.71. The number of thiazole rings is 1. The number of hydrogen-bond acceptors (Lipinski definition) is 5. The lowest BCUT2D eigenvalue weighted by atomic mass is 10.0. The van der Waals surface area contributed by atoms with Crippen molar-refractivity contribution in [2.75, 3.05) is 26.9 Å². The summed E-state index contributed by atoms with van der Waals surface area (Å²) in [7, 11) is 1.63. The van der Waals surface area contributed by atoms with Crippen molar-refractivity contribution in [2.24, 2.45) is 0 Å². The quantitative estimate of drug-likeness (QED) is 0.758. The van der Waals surface area contributed by atoms with Crippen LogP contribution in [-0.2, 0) is 14.3 Å². The number of ether oxygens (including phenoxy) is 2. The van der Waals surface area contributed by atoms with Crippen LogP contribution in [0.5, 0.6) is 0 Å². The third kappa shape index (κ3) is 4.25. The van der Waals surface area contributed by atoms with Gasteiger partial charge in [0.2, 0.25) is 0 Å². The van der Waals surface area contributed by atoms with E-state index in [4.69, 9.17) is 9.47 Å². The van der Waals surface area contributed by atoms with Gasteiger partial charge in [0, 0.05) is 24.7 Å². The van der Waals surface area contributed by atoms with E-state index in [1.54, 1.807) is 18.4 Å². The fraction of sp³-hybridized carbons (Fsp3) is 0.733. The molecule has 118 valence electrons. The molecule has 1 saturated heterocycles. The number of likely N-dealkylation sites (tertiary alicyclic amines) is 1. The molecule has 0 aliphatic carbocycles. The van der Waals surface area contributed by atoms with Gasteiger partial charge in [-0.2, -0.15) is 0 Å². The van der Waals surface area contributed by atoms with Crippen molar-refractivity contribution >= 4 is 17.2 Å². The maximum Gasteiger partial charge on any atom is 0.252 e. The number of piperidine rings is 1. The van der Waals surface area contributed by atoms with Gasteiger partial charge in [-0.15, -0.1) is 11.3 Å². The molecule has 21 heavy (non-hydrogen) atoms. The van der Waals surface area contributed by atoms with Crippen LogP contribution in [0, 0.1) is 6.92 Å². The van der Waals surface area contributed by atoms with Crippen LogP contribution in [0.1, 0.15) is 42.9 Å². The Morgan fingerprint density at radius 1 is 1.52 bits per heavy atom. The summed E-state index contributed by atoms with van der Waals surface area (Å²) in [5.41, 5.74) is 1.03. The summed E-state index contributed by atoms with van der Waals surface area (Å²) in [5.74, 6) is 0.0589. The molecule has 1 aromatic heterocycles. The molecule has 6 heteroatoms. The molecule has 1 aliphatic rings. The van der Waals surface area contributed by atoms with Gasteiger partial charge in [-0.3, -0.25) is 4.79 Å². The minimum atomic E-state index is -0.429. The van der Waals surface area contributed by atoms with Gasteiger partial charge in [-0.05, 0) is 33.1 Å². The van der Waals surface area contributed by atoms with Gasteiger partial charge >= 0.3 is 0 Å². The Bertz CT molecular complexity index is 464. The van der Waals surface area contributed by atoms with Gasteiger partial charge in [-0.25, -0.2) is 4.98 Å². The molecule has 0 saturated carbocycles. The van der Waals surface area contributed by atoms with E-state index >= 15 is 0 Å². The minimum absolute atomic E-state index is 0.0589. The molecule has 0 radical (unpaired) electrons. The Morgan fingerprint density at radius 2 is 2.33 bits per heavy atom. The average Bonchev–Trinajstić information content (AvgIpc) is 2.93. The van der Waals surface area contributed by atoms with Crippen molar-refractivity contribution in [1.29, 1.82) is 0 Å². The first-order valence-corrected chi connectivity index (χ1v) is 8.34.